The van der Waals surface area contributed by atoms with Crippen molar-refractivity contribution in [3.05, 3.63) is 64.7 Å². The maximum atomic E-state index is 12.2. The molecule has 5 nitrogen and oxygen atoms in total. The highest BCUT2D eigenvalue weighted by atomic mass is 35.5. The SMILES string of the molecule is COc1ccc(CCS(=O)(=O)NCC(OC)c2ccccc2Cl)cc1. The van der Waals surface area contributed by atoms with Crippen molar-refractivity contribution in [2.75, 3.05) is 26.5 Å². The van der Waals surface area contributed by atoms with Crippen LogP contribution in [0.15, 0.2) is 48.5 Å². The summed E-state index contributed by atoms with van der Waals surface area (Å²) in [6.07, 6.45) is -0.0206. The average Bonchev–Trinajstić information content (AvgIpc) is 2.62. The first kappa shape index (κ1) is 19.7. The van der Waals surface area contributed by atoms with Crippen molar-refractivity contribution in [1.29, 1.82) is 0 Å². The van der Waals surface area contributed by atoms with Crippen LogP contribution >= 0.6 is 11.6 Å². The van der Waals surface area contributed by atoms with Crippen LogP contribution in [0.1, 0.15) is 17.2 Å². The molecule has 2 aromatic carbocycles. The molecule has 136 valence electrons. The van der Waals surface area contributed by atoms with Crippen LogP contribution in [-0.4, -0.2) is 34.9 Å². The molecule has 0 aliphatic heterocycles. The molecule has 0 aliphatic rings. The number of sulfonamides is 1. The molecule has 1 atom stereocenters. The number of hydrogen-bond acceptors (Lipinski definition) is 4. The van der Waals surface area contributed by atoms with Crippen molar-refractivity contribution in [2.24, 2.45) is 0 Å². The van der Waals surface area contributed by atoms with E-state index in [9.17, 15) is 8.42 Å². The summed E-state index contributed by atoms with van der Waals surface area (Å²) in [5.74, 6) is 0.741. The second kappa shape index (κ2) is 9.20. The first-order valence-corrected chi connectivity index (χ1v) is 9.85. The topological polar surface area (TPSA) is 64.6 Å². The summed E-state index contributed by atoms with van der Waals surface area (Å²) >= 11 is 6.15. The van der Waals surface area contributed by atoms with Gasteiger partial charge in [0.2, 0.25) is 10.0 Å². The quantitative estimate of drug-likeness (QED) is 0.722. The van der Waals surface area contributed by atoms with Crippen LogP contribution < -0.4 is 9.46 Å². The lowest BCUT2D eigenvalue weighted by Gasteiger charge is -2.18. The zero-order chi connectivity index (χ0) is 18.3. The van der Waals surface area contributed by atoms with E-state index in [-0.39, 0.29) is 12.3 Å². The van der Waals surface area contributed by atoms with Crippen molar-refractivity contribution in [3.8, 4) is 5.75 Å². The summed E-state index contributed by atoms with van der Waals surface area (Å²) in [5, 5.41) is 0.548. The molecule has 0 fully saturated rings. The van der Waals surface area contributed by atoms with E-state index < -0.39 is 16.1 Å². The van der Waals surface area contributed by atoms with Gasteiger partial charge >= 0.3 is 0 Å². The van der Waals surface area contributed by atoms with Crippen molar-refractivity contribution in [3.63, 3.8) is 0 Å². The van der Waals surface area contributed by atoms with E-state index in [1.807, 2.05) is 42.5 Å². The molecule has 0 amide bonds. The average molecular weight is 384 g/mol. The number of ether oxygens (including phenoxy) is 2. The molecule has 25 heavy (non-hydrogen) atoms. The van der Waals surface area contributed by atoms with Crippen LogP contribution in [0.5, 0.6) is 5.75 Å². The van der Waals surface area contributed by atoms with E-state index >= 15 is 0 Å². The largest absolute Gasteiger partial charge is 0.497 e. The lowest BCUT2D eigenvalue weighted by atomic mass is 10.1. The van der Waals surface area contributed by atoms with Gasteiger partial charge in [-0.15, -0.1) is 0 Å². The molecule has 2 rings (SSSR count). The maximum Gasteiger partial charge on any atom is 0.212 e. The molecule has 1 N–H and O–H groups in total. The van der Waals surface area contributed by atoms with Crippen molar-refractivity contribution in [1.82, 2.24) is 4.72 Å². The van der Waals surface area contributed by atoms with Crippen LogP contribution in [-0.2, 0) is 21.2 Å². The van der Waals surface area contributed by atoms with Gasteiger partial charge in [0.25, 0.3) is 0 Å². The molecule has 0 radical (unpaired) electrons. The molecular formula is C18H22ClNO4S. The van der Waals surface area contributed by atoms with Crippen molar-refractivity contribution < 1.29 is 17.9 Å². The number of aryl methyl sites for hydroxylation is 1. The van der Waals surface area contributed by atoms with Gasteiger partial charge in [-0.1, -0.05) is 41.9 Å². The van der Waals surface area contributed by atoms with Gasteiger partial charge in [-0.3, -0.25) is 0 Å². The minimum atomic E-state index is -3.43. The molecule has 0 aliphatic carbocycles. The van der Waals surface area contributed by atoms with Crippen molar-refractivity contribution >= 4 is 21.6 Å². The minimum Gasteiger partial charge on any atom is -0.497 e. The van der Waals surface area contributed by atoms with Gasteiger partial charge < -0.3 is 9.47 Å². The number of rotatable bonds is 9. The predicted molar refractivity (Wildman–Crippen MR) is 99.7 cm³/mol. The van der Waals surface area contributed by atoms with Gasteiger partial charge in [0.05, 0.1) is 19.0 Å². The first-order chi connectivity index (χ1) is 11.9. The normalized spacial score (nSPS) is 12.8. The highest BCUT2D eigenvalue weighted by molar-refractivity contribution is 7.89. The van der Waals surface area contributed by atoms with Gasteiger partial charge in [0.15, 0.2) is 0 Å². The number of benzene rings is 2. The molecular weight excluding hydrogens is 362 g/mol. The molecule has 1 unspecified atom stereocenters. The van der Waals surface area contributed by atoms with Crippen LogP contribution in [0.2, 0.25) is 5.02 Å². The van der Waals surface area contributed by atoms with Crippen LogP contribution in [0.25, 0.3) is 0 Å². The van der Waals surface area contributed by atoms with Crippen LogP contribution in [0.4, 0.5) is 0 Å². The Kier molecular flexibility index (Phi) is 7.25. The lowest BCUT2D eigenvalue weighted by Crippen LogP contribution is -2.31. The Bertz CT molecular complexity index is 778. The molecule has 0 aromatic heterocycles. The Labute approximate surface area is 154 Å². The number of methoxy groups -OCH3 is 2. The van der Waals surface area contributed by atoms with E-state index in [0.717, 1.165) is 16.9 Å². The standard InChI is InChI=1S/C18H22ClNO4S/c1-23-15-9-7-14(8-10-15)11-12-25(21,22)20-13-18(24-2)16-5-3-4-6-17(16)19/h3-10,18,20H,11-13H2,1-2H3. The molecule has 2 aromatic rings. The Balaban J connectivity index is 1.92. The summed E-state index contributed by atoms with van der Waals surface area (Å²) in [6.45, 7) is 0.130. The van der Waals surface area contributed by atoms with E-state index in [4.69, 9.17) is 21.1 Å². The summed E-state index contributed by atoms with van der Waals surface area (Å²) < 4.78 is 37.5. The molecule has 0 saturated carbocycles. The Morgan fingerprint density at radius 3 is 2.36 bits per heavy atom. The van der Waals surface area contributed by atoms with Gasteiger partial charge in [-0.05, 0) is 30.2 Å². The number of halogens is 1. The fourth-order valence-corrected chi connectivity index (χ4v) is 3.69. The molecule has 0 bridgehead atoms. The minimum absolute atomic E-state index is 0.00170. The maximum absolute atomic E-state index is 12.2. The van der Waals surface area contributed by atoms with E-state index in [1.165, 1.54) is 7.11 Å². The first-order valence-electron chi connectivity index (χ1n) is 7.82. The Morgan fingerprint density at radius 2 is 1.76 bits per heavy atom. The van der Waals surface area contributed by atoms with E-state index in [0.29, 0.717) is 11.4 Å². The third kappa shape index (κ3) is 6.01. The summed E-state index contributed by atoms with van der Waals surface area (Å²) in [4.78, 5) is 0. The van der Waals surface area contributed by atoms with Gasteiger partial charge in [-0.25, -0.2) is 13.1 Å². The van der Waals surface area contributed by atoms with Gasteiger partial charge in [0, 0.05) is 24.2 Å². The van der Waals surface area contributed by atoms with Gasteiger partial charge in [0.1, 0.15) is 5.75 Å². The number of nitrogens with one attached hydrogen (secondary N) is 1. The second-order valence-corrected chi connectivity index (χ2v) is 7.84. The molecule has 0 heterocycles. The Morgan fingerprint density at radius 1 is 1.08 bits per heavy atom. The van der Waals surface area contributed by atoms with Crippen molar-refractivity contribution in [2.45, 2.75) is 12.5 Å². The van der Waals surface area contributed by atoms with Crippen LogP contribution in [0.3, 0.4) is 0 Å². The molecule has 0 spiro atoms. The summed E-state index contributed by atoms with van der Waals surface area (Å²) in [7, 11) is -0.307. The smallest absolute Gasteiger partial charge is 0.212 e. The third-order valence-electron chi connectivity index (χ3n) is 3.84. The van der Waals surface area contributed by atoms with E-state index in [2.05, 4.69) is 4.72 Å². The third-order valence-corrected chi connectivity index (χ3v) is 5.54. The molecule has 0 saturated heterocycles. The molecule has 7 heteroatoms. The zero-order valence-electron chi connectivity index (χ0n) is 14.2. The monoisotopic (exact) mass is 383 g/mol. The second-order valence-electron chi connectivity index (χ2n) is 5.51. The van der Waals surface area contributed by atoms with Gasteiger partial charge in [-0.2, -0.15) is 0 Å². The fourth-order valence-electron chi connectivity index (χ4n) is 2.38. The highest BCUT2D eigenvalue weighted by Crippen LogP contribution is 2.24. The van der Waals surface area contributed by atoms with E-state index in [1.54, 1.807) is 13.2 Å². The highest BCUT2D eigenvalue weighted by Gasteiger charge is 2.18. The summed E-state index contributed by atoms with van der Waals surface area (Å²) in [5.41, 5.74) is 1.69. The Hall–Kier alpha value is -1.60. The number of hydrogen-bond donors (Lipinski definition) is 1. The summed E-state index contributed by atoms with van der Waals surface area (Å²) in [6, 6.07) is 14.6. The fraction of sp³-hybridized carbons (Fsp3) is 0.333. The zero-order valence-corrected chi connectivity index (χ0v) is 15.8. The van der Waals surface area contributed by atoms with Crippen LogP contribution in [0, 0.1) is 0 Å². The predicted octanol–water partition coefficient (Wildman–Crippen LogP) is 3.20. The lowest BCUT2D eigenvalue weighted by molar-refractivity contribution is 0.107.